The van der Waals surface area contributed by atoms with Gasteiger partial charge in [0, 0.05) is 36.9 Å². The largest absolute Gasteiger partial charge is 0.350 e. The first-order valence-corrected chi connectivity index (χ1v) is 9.93. The number of rotatable bonds is 2. The average molecular weight is 393 g/mol. The number of benzene rings is 1. The number of hydrogen-bond acceptors (Lipinski definition) is 4. The van der Waals surface area contributed by atoms with Crippen LogP contribution in [0.4, 0.5) is 0 Å². The number of carbonyl (C=O) groups is 2. The van der Waals surface area contributed by atoms with Crippen LogP contribution in [0, 0.1) is 0 Å². The van der Waals surface area contributed by atoms with Gasteiger partial charge in [0.2, 0.25) is 0 Å². The minimum absolute atomic E-state index is 0.0772. The Labute approximate surface area is 168 Å². The van der Waals surface area contributed by atoms with Gasteiger partial charge in [0.05, 0.1) is 31.0 Å². The highest BCUT2D eigenvalue weighted by atomic mass is 16.7. The van der Waals surface area contributed by atoms with Crippen LogP contribution in [0.3, 0.4) is 0 Å². The van der Waals surface area contributed by atoms with Crippen molar-refractivity contribution in [2.24, 2.45) is 7.05 Å². The molecule has 1 fully saturated rings. The Bertz CT molecular complexity index is 1080. The second-order valence-corrected chi connectivity index (χ2v) is 7.62. The predicted molar refractivity (Wildman–Crippen MR) is 106 cm³/mol. The summed E-state index contributed by atoms with van der Waals surface area (Å²) in [7, 11) is 1.93. The summed E-state index contributed by atoms with van der Waals surface area (Å²) in [5.41, 5.74) is 2.50. The summed E-state index contributed by atoms with van der Waals surface area (Å²) < 4.78 is 3.69. The molecule has 150 valence electrons. The van der Waals surface area contributed by atoms with Crippen LogP contribution in [0.1, 0.15) is 34.9 Å². The van der Waals surface area contributed by atoms with Crippen molar-refractivity contribution >= 4 is 22.7 Å². The van der Waals surface area contributed by atoms with Gasteiger partial charge in [0.1, 0.15) is 0 Å². The van der Waals surface area contributed by atoms with Crippen LogP contribution in [0.2, 0.25) is 0 Å². The van der Waals surface area contributed by atoms with Crippen LogP contribution in [-0.2, 0) is 23.2 Å². The van der Waals surface area contributed by atoms with Crippen molar-refractivity contribution in [2.75, 3.05) is 19.7 Å². The standard InChI is InChI=1S/C21H23N5O3/c1-23-13-17(16-6-2-3-7-18(16)23)20(27)24-12-15-8-9-22-26(15)19(14-24)21(28)25-10-4-5-11-29-25/h2-3,6-9,13,19H,4-5,10-12,14H2,1H3. The Morgan fingerprint density at radius 2 is 2.03 bits per heavy atom. The molecule has 8 nitrogen and oxygen atoms in total. The molecular weight excluding hydrogens is 370 g/mol. The topological polar surface area (TPSA) is 72.6 Å². The number of hydrogen-bond donors (Lipinski definition) is 0. The third-order valence-electron chi connectivity index (χ3n) is 5.74. The fraction of sp³-hybridized carbons (Fsp3) is 0.381. The van der Waals surface area contributed by atoms with E-state index in [-0.39, 0.29) is 18.4 Å². The molecule has 3 aromatic rings. The highest BCUT2D eigenvalue weighted by Crippen LogP contribution is 2.27. The van der Waals surface area contributed by atoms with E-state index in [0.29, 0.717) is 25.3 Å². The molecule has 0 aliphatic carbocycles. The minimum atomic E-state index is -0.578. The highest BCUT2D eigenvalue weighted by molar-refractivity contribution is 6.07. The van der Waals surface area contributed by atoms with E-state index in [1.54, 1.807) is 15.8 Å². The lowest BCUT2D eigenvalue weighted by molar-refractivity contribution is -0.201. The maximum Gasteiger partial charge on any atom is 0.272 e. The minimum Gasteiger partial charge on any atom is -0.350 e. The molecule has 0 spiro atoms. The van der Waals surface area contributed by atoms with Crippen molar-refractivity contribution in [1.29, 1.82) is 0 Å². The van der Waals surface area contributed by atoms with Gasteiger partial charge in [-0.3, -0.25) is 19.1 Å². The first kappa shape index (κ1) is 17.9. The summed E-state index contributed by atoms with van der Waals surface area (Å²) in [5.74, 6) is -0.225. The summed E-state index contributed by atoms with van der Waals surface area (Å²) in [5, 5.41) is 6.70. The van der Waals surface area contributed by atoms with Crippen molar-refractivity contribution < 1.29 is 14.4 Å². The molecule has 5 rings (SSSR count). The second-order valence-electron chi connectivity index (χ2n) is 7.62. The quantitative estimate of drug-likeness (QED) is 0.669. The van der Waals surface area contributed by atoms with Gasteiger partial charge in [-0.15, -0.1) is 0 Å². The zero-order valence-corrected chi connectivity index (χ0v) is 16.3. The molecule has 1 aromatic carbocycles. The maximum absolute atomic E-state index is 13.4. The lowest BCUT2D eigenvalue weighted by atomic mass is 10.1. The van der Waals surface area contributed by atoms with Gasteiger partial charge in [-0.2, -0.15) is 5.10 Å². The van der Waals surface area contributed by atoms with Gasteiger partial charge in [0.15, 0.2) is 6.04 Å². The molecule has 2 aliphatic heterocycles. The van der Waals surface area contributed by atoms with Gasteiger partial charge in [-0.1, -0.05) is 18.2 Å². The molecule has 0 radical (unpaired) electrons. The van der Waals surface area contributed by atoms with Gasteiger partial charge in [-0.05, 0) is 25.0 Å². The van der Waals surface area contributed by atoms with E-state index in [0.717, 1.165) is 29.4 Å². The number of para-hydroxylation sites is 1. The van der Waals surface area contributed by atoms with Gasteiger partial charge < -0.3 is 9.47 Å². The van der Waals surface area contributed by atoms with E-state index in [4.69, 9.17) is 4.84 Å². The molecular formula is C21H23N5O3. The van der Waals surface area contributed by atoms with Crippen LogP contribution < -0.4 is 0 Å². The Morgan fingerprint density at radius 3 is 2.86 bits per heavy atom. The average Bonchev–Trinajstić information content (AvgIpc) is 3.37. The van der Waals surface area contributed by atoms with Crippen LogP contribution in [0.15, 0.2) is 42.7 Å². The highest BCUT2D eigenvalue weighted by Gasteiger charge is 2.37. The van der Waals surface area contributed by atoms with Crippen LogP contribution in [0.25, 0.3) is 10.9 Å². The number of aryl methyl sites for hydroxylation is 1. The first-order valence-electron chi connectivity index (χ1n) is 9.93. The maximum atomic E-state index is 13.4. The normalized spacial score (nSPS) is 19.4. The molecule has 4 heterocycles. The number of carbonyl (C=O) groups excluding carboxylic acids is 2. The molecule has 0 N–H and O–H groups in total. The van der Waals surface area contributed by atoms with Crippen molar-refractivity contribution in [3.05, 3.63) is 54.0 Å². The molecule has 0 saturated carbocycles. The summed E-state index contributed by atoms with van der Waals surface area (Å²) >= 11 is 0. The van der Waals surface area contributed by atoms with Gasteiger partial charge in [0.25, 0.3) is 11.8 Å². The second kappa shape index (κ2) is 7.04. The van der Waals surface area contributed by atoms with Crippen LogP contribution in [-0.4, -0.2) is 55.8 Å². The fourth-order valence-electron chi connectivity index (χ4n) is 4.25. The van der Waals surface area contributed by atoms with Crippen molar-refractivity contribution in [3.8, 4) is 0 Å². The van der Waals surface area contributed by atoms with Crippen molar-refractivity contribution in [1.82, 2.24) is 24.3 Å². The summed E-state index contributed by atoms with van der Waals surface area (Å²) in [6, 6.07) is 9.14. The van der Waals surface area contributed by atoms with E-state index >= 15 is 0 Å². The van der Waals surface area contributed by atoms with E-state index in [9.17, 15) is 9.59 Å². The SMILES string of the molecule is Cn1cc(C(=O)N2Cc3ccnn3C(C(=O)N3CCCCO3)C2)c2ccccc21. The Balaban J connectivity index is 1.47. The number of amides is 2. The Hall–Kier alpha value is -3.13. The number of fused-ring (bicyclic) bond motifs is 2. The lowest BCUT2D eigenvalue weighted by Crippen LogP contribution is -2.49. The third kappa shape index (κ3) is 3.00. The Kier molecular flexibility index (Phi) is 4.35. The molecule has 29 heavy (non-hydrogen) atoms. The number of aromatic nitrogens is 3. The molecule has 2 aliphatic rings. The summed E-state index contributed by atoms with van der Waals surface area (Å²) in [6.45, 7) is 1.81. The molecule has 1 unspecified atom stereocenters. The van der Waals surface area contributed by atoms with Crippen molar-refractivity contribution in [3.63, 3.8) is 0 Å². The molecule has 0 bridgehead atoms. The van der Waals surface area contributed by atoms with E-state index in [1.165, 1.54) is 5.06 Å². The fourth-order valence-corrected chi connectivity index (χ4v) is 4.25. The molecule has 1 saturated heterocycles. The van der Waals surface area contributed by atoms with Crippen molar-refractivity contribution in [2.45, 2.75) is 25.4 Å². The first-order chi connectivity index (χ1) is 14.1. The zero-order chi connectivity index (χ0) is 20.0. The summed E-state index contributed by atoms with van der Waals surface area (Å²) in [6.07, 6.45) is 5.41. The van der Waals surface area contributed by atoms with Gasteiger partial charge >= 0.3 is 0 Å². The number of hydroxylamine groups is 2. The third-order valence-corrected chi connectivity index (χ3v) is 5.74. The van der Waals surface area contributed by atoms with Crippen LogP contribution in [0.5, 0.6) is 0 Å². The number of nitrogens with zero attached hydrogens (tertiary/aromatic N) is 5. The van der Waals surface area contributed by atoms with Gasteiger partial charge in [-0.25, -0.2) is 5.06 Å². The van der Waals surface area contributed by atoms with Crippen LogP contribution >= 0.6 is 0 Å². The lowest BCUT2D eigenvalue weighted by Gasteiger charge is -2.36. The smallest absolute Gasteiger partial charge is 0.272 e. The Morgan fingerprint density at radius 1 is 1.17 bits per heavy atom. The monoisotopic (exact) mass is 393 g/mol. The van der Waals surface area contributed by atoms with E-state index in [1.807, 2.05) is 48.1 Å². The molecule has 2 amide bonds. The molecule has 8 heteroatoms. The predicted octanol–water partition coefficient (Wildman–Crippen LogP) is 2.13. The van der Waals surface area contributed by atoms with E-state index in [2.05, 4.69) is 5.10 Å². The molecule has 2 aromatic heterocycles. The molecule has 1 atom stereocenters. The van der Waals surface area contributed by atoms with E-state index < -0.39 is 6.04 Å². The summed E-state index contributed by atoms with van der Waals surface area (Å²) in [4.78, 5) is 33.9. The zero-order valence-electron chi connectivity index (χ0n) is 16.3.